The number of nitrogens with one attached hydrogen (secondary N) is 1. The highest BCUT2D eigenvalue weighted by Crippen LogP contribution is 2.20. The van der Waals surface area contributed by atoms with E-state index in [1.54, 1.807) is 28.9 Å². The van der Waals surface area contributed by atoms with Gasteiger partial charge in [0, 0.05) is 5.69 Å². The Morgan fingerprint density at radius 2 is 1.96 bits per heavy atom. The van der Waals surface area contributed by atoms with Crippen LogP contribution in [-0.2, 0) is 0 Å². The monoisotopic (exact) mass is 323 g/mol. The van der Waals surface area contributed by atoms with Gasteiger partial charge in [-0.15, -0.1) is 5.10 Å². The summed E-state index contributed by atoms with van der Waals surface area (Å²) in [6.45, 7) is 2.60. The molecule has 7 nitrogen and oxygen atoms in total. The number of rotatable bonds is 6. The molecule has 1 heterocycles. The largest absolute Gasteiger partial charge is 0.493 e. The van der Waals surface area contributed by atoms with Crippen LogP contribution in [0.15, 0.2) is 54.9 Å². The standard InChI is InChI=1S/C17H17N5O2/c1-2-11-24-16-6-4-3-5-15(16)17(23)19-13-7-9-14(10-8-13)22-12-18-20-21-22/h3-10,12H,2,11H2,1H3,(H,19,23). The summed E-state index contributed by atoms with van der Waals surface area (Å²) in [7, 11) is 0. The van der Waals surface area contributed by atoms with Crippen LogP contribution < -0.4 is 10.1 Å². The molecule has 0 bridgehead atoms. The van der Waals surface area contributed by atoms with Crippen molar-refractivity contribution in [2.75, 3.05) is 11.9 Å². The summed E-state index contributed by atoms with van der Waals surface area (Å²) < 4.78 is 7.17. The van der Waals surface area contributed by atoms with Crippen molar-refractivity contribution in [3.8, 4) is 11.4 Å². The maximum absolute atomic E-state index is 12.5. The Morgan fingerprint density at radius 3 is 2.67 bits per heavy atom. The molecule has 0 unspecified atom stereocenters. The van der Waals surface area contributed by atoms with E-state index >= 15 is 0 Å². The Bertz CT molecular complexity index is 800. The summed E-state index contributed by atoms with van der Waals surface area (Å²) >= 11 is 0. The van der Waals surface area contributed by atoms with Crippen molar-refractivity contribution in [1.82, 2.24) is 20.2 Å². The fourth-order valence-electron chi connectivity index (χ4n) is 2.17. The molecule has 2 aromatic carbocycles. The Kier molecular flexibility index (Phi) is 4.81. The van der Waals surface area contributed by atoms with Crippen LogP contribution in [0.3, 0.4) is 0 Å². The second-order valence-electron chi connectivity index (χ2n) is 5.10. The molecule has 0 radical (unpaired) electrons. The molecule has 0 fully saturated rings. The lowest BCUT2D eigenvalue weighted by Gasteiger charge is -2.11. The van der Waals surface area contributed by atoms with Crippen molar-refractivity contribution < 1.29 is 9.53 Å². The number of nitrogens with zero attached hydrogens (tertiary/aromatic N) is 4. The summed E-state index contributed by atoms with van der Waals surface area (Å²) in [6, 6.07) is 14.4. The fourth-order valence-corrected chi connectivity index (χ4v) is 2.17. The number of carbonyl (C=O) groups excluding carboxylic acids is 1. The minimum atomic E-state index is -0.211. The number of para-hydroxylation sites is 1. The predicted octanol–water partition coefficient (Wildman–Crippen LogP) is 2.70. The molecule has 1 amide bonds. The lowest BCUT2D eigenvalue weighted by Crippen LogP contribution is -2.14. The molecule has 122 valence electrons. The highest BCUT2D eigenvalue weighted by molar-refractivity contribution is 6.06. The summed E-state index contributed by atoms with van der Waals surface area (Å²) in [6.07, 6.45) is 2.39. The lowest BCUT2D eigenvalue weighted by molar-refractivity contribution is 0.102. The molecule has 0 saturated heterocycles. The zero-order valence-electron chi connectivity index (χ0n) is 13.2. The van der Waals surface area contributed by atoms with Crippen molar-refractivity contribution in [3.63, 3.8) is 0 Å². The van der Waals surface area contributed by atoms with Gasteiger partial charge in [0.05, 0.1) is 17.9 Å². The van der Waals surface area contributed by atoms with E-state index in [1.165, 1.54) is 6.33 Å². The predicted molar refractivity (Wildman–Crippen MR) is 89.3 cm³/mol. The molecule has 24 heavy (non-hydrogen) atoms. The number of hydrogen-bond donors (Lipinski definition) is 1. The first-order valence-electron chi connectivity index (χ1n) is 7.64. The maximum atomic E-state index is 12.5. The Hall–Kier alpha value is -3.22. The van der Waals surface area contributed by atoms with Gasteiger partial charge >= 0.3 is 0 Å². The Balaban J connectivity index is 1.73. The second kappa shape index (κ2) is 7.36. The Morgan fingerprint density at radius 1 is 1.17 bits per heavy atom. The second-order valence-corrected chi connectivity index (χ2v) is 5.10. The van der Waals surface area contributed by atoms with E-state index in [9.17, 15) is 4.79 Å². The fraction of sp³-hybridized carbons (Fsp3) is 0.176. The molecule has 1 N–H and O–H groups in total. The zero-order valence-corrected chi connectivity index (χ0v) is 13.2. The van der Waals surface area contributed by atoms with E-state index in [-0.39, 0.29) is 5.91 Å². The summed E-state index contributed by atoms with van der Waals surface area (Å²) in [4.78, 5) is 12.5. The SMILES string of the molecule is CCCOc1ccccc1C(=O)Nc1ccc(-n2cnnn2)cc1. The molecule has 7 heteroatoms. The molecule has 0 aliphatic carbocycles. The van der Waals surface area contributed by atoms with Crippen molar-refractivity contribution in [2.45, 2.75) is 13.3 Å². The highest BCUT2D eigenvalue weighted by atomic mass is 16.5. The topological polar surface area (TPSA) is 81.9 Å². The first-order chi connectivity index (χ1) is 11.8. The van der Waals surface area contributed by atoms with Gasteiger partial charge < -0.3 is 10.1 Å². The number of tetrazole rings is 1. The van der Waals surface area contributed by atoms with Crippen LogP contribution in [0.2, 0.25) is 0 Å². The molecule has 0 aliphatic heterocycles. The van der Waals surface area contributed by atoms with Crippen molar-refractivity contribution in [1.29, 1.82) is 0 Å². The van der Waals surface area contributed by atoms with Crippen molar-refractivity contribution in [2.24, 2.45) is 0 Å². The molecule has 0 atom stereocenters. The Labute approximate surface area is 139 Å². The van der Waals surface area contributed by atoms with Crippen LogP contribution in [-0.4, -0.2) is 32.7 Å². The van der Waals surface area contributed by atoms with Crippen LogP contribution in [0.5, 0.6) is 5.75 Å². The summed E-state index contributed by atoms with van der Waals surface area (Å²) in [5.74, 6) is 0.374. The van der Waals surface area contributed by atoms with Gasteiger partial charge in [0.25, 0.3) is 5.91 Å². The number of anilines is 1. The van der Waals surface area contributed by atoms with Crippen LogP contribution >= 0.6 is 0 Å². The van der Waals surface area contributed by atoms with Crippen molar-refractivity contribution in [3.05, 3.63) is 60.4 Å². The number of hydrogen-bond acceptors (Lipinski definition) is 5. The number of ether oxygens (including phenoxy) is 1. The van der Waals surface area contributed by atoms with Gasteiger partial charge in [-0.2, -0.15) is 0 Å². The smallest absolute Gasteiger partial charge is 0.259 e. The van der Waals surface area contributed by atoms with Crippen LogP contribution in [0.4, 0.5) is 5.69 Å². The summed E-state index contributed by atoms with van der Waals surface area (Å²) in [5.41, 5.74) is 2.00. The number of amides is 1. The molecule has 0 spiro atoms. The van der Waals surface area contributed by atoms with Gasteiger partial charge in [0.1, 0.15) is 12.1 Å². The lowest BCUT2D eigenvalue weighted by atomic mass is 10.2. The number of benzene rings is 2. The first kappa shape index (κ1) is 15.7. The molecule has 0 aliphatic rings. The van der Waals surface area contributed by atoms with Crippen LogP contribution in [0.25, 0.3) is 5.69 Å². The third-order valence-corrected chi connectivity index (χ3v) is 3.33. The van der Waals surface area contributed by atoms with Gasteiger partial charge in [-0.25, -0.2) is 4.68 Å². The van der Waals surface area contributed by atoms with Gasteiger partial charge in [0.15, 0.2) is 0 Å². The third-order valence-electron chi connectivity index (χ3n) is 3.33. The van der Waals surface area contributed by atoms with Crippen LogP contribution in [0.1, 0.15) is 23.7 Å². The maximum Gasteiger partial charge on any atom is 0.259 e. The highest BCUT2D eigenvalue weighted by Gasteiger charge is 2.12. The minimum absolute atomic E-state index is 0.211. The third kappa shape index (κ3) is 3.57. The molecule has 3 aromatic rings. The molecule has 0 saturated carbocycles. The average Bonchev–Trinajstić information content (AvgIpc) is 3.15. The van der Waals surface area contributed by atoms with Gasteiger partial charge in [-0.1, -0.05) is 19.1 Å². The molecular formula is C17H17N5O2. The van der Waals surface area contributed by atoms with E-state index in [4.69, 9.17) is 4.74 Å². The van der Waals surface area contributed by atoms with Gasteiger partial charge in [-0.3, -0.25) is 4.79 Å². The molecule has 1 aromatic heterocycles. The molecule has 3 rings (SSSR count). The van der Waals surface area contributed by atoms with E-state index in [1.807, 2.05) is 31.2 Å². The first-order valence-corrected chi connectivity index (χ1v) is 7.64. The van der Waals surface area contributed by atoms with Crippen LogP contribution in [0, 0.1) is 0 Å². The number of aromatic nitrogens is 4. The van der Waals surface area contributed by atoms with Gasteiger partial charge in [0.2, 0.25) is 0 Å². The average molecular weight is 323 g/mol. The normalized spacial score (nSPS) is 10.4. The quantitative estimate of drug-likeness (QED) is 0.754. The van der Waals surface area contributed by atoms with Gasteiger partial charge in [-0.05, 0) is 53.2 Å². The van der Waals surface area contributed by atoms with Crippen molar-refractivity contribution >= 4 is 11.6 Å². The number of carbonyl (C=O) groups is 1. The van der Waals surface area contributed by atoms with E-state index in [0.29, 0.717) is 23.6 Å². The molecular weight excluding hydrogens is 306 g/mol. The zero-order chi connectivity index (χ0) is 16.8. The minimum Gasteiger partial charge on any atom is -0.493 e. The van der Waals surface area contributed by atoms with E-state index < -0.39 is 0 Å². The van der Waals surface area contributed by atoms with E-state index in [2.05, 4.69) is 20.8 Å². The van der Waals surface area contributed by atoms with E-state index in [0.717, 1.165) is 12.1 Å². The summed E-state index contributed by atoms with van der Waals surface area (Å²) in [5, 5.41) is 13.9.